The molecule has 1 aromatic carbocycles. The van der Waals surface area contributed by atoms with E-state index >= 15 is 0 Å². The molecule has 0 amide bonds. The summed E-state index contributed by atoms with van der Waals surface area (Å²) in [5.41, 5.74) is 1.44. The monoisotopic (exact) mass is 272 g/mol. The van der Waals surface area contributed by atoms with E-state index < -0.39 is 0 Å². The normalized spacial score (nSPS) is 10.8. The maximum absolute atomic E-state index is 2.26. The molecule has 0 aliphatic heterocycles. The molecule has 1 heteroatoms. The van der Waals surface area contributed by atoms with Gasteiger partial charge in [0.1, 0.15) is 0 Å². The van der Waals surface area contributed by atoms with Crippen LogP contribution in [0.4, 0.5) is 0 Å². The van der Waals surface area contributed by atoms with Gasteiger partial charge in [-0.05, 0) is 28.9 Å². The number of hydrogen-bond donors (Lipinski definition) is 0. The molecule has 1 rings (SSSR count). The number of unbranched alkanes of at least 4 members (excludes halogenated alkanes) is 1. The highest BCUT2D eigenvalue weighted by atomic mass is 127. The zero-order valence-corrected chi connectivity index (χ0v) is 9.20. The predicted molar refractivity (Wildman–Crippen MR) is 62.5 cm³/mol. The van der Waals surface area contributed by atoms with E-state index in [-0.39, 0.29) is 0 Å². The molecule has 12 heavy (non-hydrogen) atoms. The molecule has 0 nitrogen and oxygen atoms in total. The minimum Gasteiger partial charge on any atom is -0.0784 e. The molecule has 1 aromatic rings. The third-order valence-corrected chi connectivity index (χ3v) is 2.28. The molecule has 0 N–H and O–H groups in total. The third kappa shape index (κ3) is 3.90. The Morgan fingerprint density at radius 1 is 1.17 bits per heavy atom. The van der Waals surface area contributed by atoms with E-state index in [1.54, 1.807) is 0 Å². The molecule has 0 aromatic heterocycles. The average Bonchev–Trinajstić information content (AvgIpc) is 2.14. The Bertz CT molecular complexity index is 226. The van der Waals surface area contributed by atoms with Crippen LogP contribution in [0.25, 0.3) is 0 Å². The number of rotatable bonds is 4. The molecule has 0 bridgehead atoms. The Morgan fingerprint density at radius 3 is 2.58 bits per heavy atom. The van der Waals surface area contributed by atoms with Crippen LogP contribution >= 0.6 is 22.6 Å². The summed E-state index contributed by atoms with van der Waals surface area (Å²) in [4.78, 5) is 0. The maximum atomic E-state index is 2.26. The Labute approximate surface area is 87.8 Å². The zero-order chi connectivity index (χ0) is 8.65. The first-order valence-electron chi connectivity index (χ1n) is 4.22. The number of allylic oxidation sites excluding steroid dienone is 1. The third-order valence-electron chi connectivity index (χ3n) is 1.77. The van der Waals surface area contributed by atoms with Crippen molar-refractivity contribution in [2.24, 2.45) is 0 Å². The van der Waals surface area contributed by atoms with Gasteiger partial charge in [-0.15, -0.1) is 0 Å². The molecule has 0 atom stereocenters. The second-order valence-electron chi connectivity index (χ2n) is 2.74. The number of benzene rings is 1. The lowest BCUT2D eigenvalue weighted by molar-refractivity contribution is 0.844. The van der Waals surface area contributed by atoms with E-state index in [9.17, 15) is 0 Å². The van der Waals surface area contributed by atoms with Crippen LogP contribution in [0.3, 0.4) is 0 Å². The molecule has 0 unspecified atom stereocenters. The largest absolute Gasteiger partial charge is 0.0784 e. The smallest absolute Gasteiger partial charge is 0.0274 e. The van der Waals surface area contributed by atoms with Gasteiger partial charge in [-0.1, -0.05) is 59.0 Å². The van der Waals surface area contributed by atoms with Gasteiger partial charge in [-0.3, -0.25) is 0 Å². The standard InChI is InChI=1S/C11H13I/c12-10-6-2-5-9-11-7-3-1-4-8-11/h1,3-4,6-8,10H,2,5,9H2/b10-6+. The Morgan fingerprint density at radius 2 is 1.92 bits per heavy atom. The first-order chi connectivity index (χ1) is 5.93. The van der Waals surface area contributed by atoms with Crippen molar-refractivity contribution in [3.63, 3.8) is 0 Å². The van der Waals surface area contributed by atoms with Crippen molar-refractivity contribution >= 4 is 22.6 Å². The van der Waals surface area contributed by atoms with Crippen LogP contribution in [0, 0.1) is 0 Å². The average molecular weight is 272 g/mol. The zero-order valence-electron chi connectivity index (χ0n) is 7.04. The number of halogens is 1. The molecular weight excluding hydrogens is 259 g/mol. The SMILES string of the molecule is I/C=C/CCCc1ccccc1. The molecule has 0 saturated carbocycles. The summed E-state index contributed by atoms with van der Waals surface area (Å²) >= 11 is 2.26. The van der Waals surface area contributed by atoms with Crippen molar-refractivity contribution in [3.05, 3.63) is 46.1 Å². The van der Waals surface area contributed by atoms with Crippen molar-refractivity contribution in [1.82, 2.24) is 0 Å². The van der Waals surface area contributed by atoms with Crippen LogP contribution in [0.1, 0.15) is 18.4 Å². The molecule has 0 fully saturated rings. The quantitative estimate of drug-likeness (QED) is 0.575. The van der Waals surface area contributed by atoms with Gasteiger partial charge in [0.25, 0.3) is 0 Å². The minimum absolute atomic E-state index is 1.19. The lowest BCUT2D eigenvalue weighted by atomic mass is 10.1. The van der Waals surface area contributed by atoms with Crippen LogP contribution in [-0.4, -0.2) is 0 Å². The van der Waals surface area contributed by atoms with Gasteiger partial charge in [0.2, 0.25) is 0 Å². The van der Waals surface area contributed by atoms with Crippen LogP contribution < -0.4 is 0 Å². The van der Waals surface area contributed by atoms with Crippen LogP contribution in [-0.2, 0) is 6.42 Å². The highest BCUT2D eigenvalue weighted by Gasteiger charge is 1.88. The fourth-order valence-corrected chi connectivity index (χ4v) is 1.49. The Hall–Kier alpha value is -0.310. The van der Waals surface area contributed by atoms with Gasteiger partial charge in [-0.2, -0.15) is 0 Å². The van der Waals surface area contributed by atoms with Gasteiger partial charge in [0, 0.05) is 0 Å². The summed E-state index contributed by atoms with van der Waals surface area (Å²) < 4.78 is 2.09. The summed E-state index contributed by atoms with van der Waals surface area (Å²) in [5.74, 6) is 0. The van der Waals surface area contributed by atoms with Gasteiger partial charge in [-0.25, -0.2) is 0 Å². The Balaban J connectivity index is 2.24. The highest BCUT2D eigenvalue weighted by Crippen LogP contribution is 2.05. The van der Waals surface area contributed by atoms with Crippen molar-refractivity contribution in [3.8, 4) is 0 Å². The lowest BCUT2D eigenvalue weighted by Gasteiger charge is -1.97. The fourth-order valence-electron chi connectivity index (χ4n) is 1.13. The molecule has 64 valence electrons. The van der Waals surface area contributed by atoms with Crippen LogP contribution in [0.15, 0.2) is 40.5 Å². The van der Waals surface area contributed by atoms with E-state index in [2.05, 4.69) is 63.1 Å². The van der Waals surface area contributed by atoms with E-state index in [1.165, 1.54) is 24.8 Å². The summed E-state index contributed by atoms with van der Waals surface area (Å²) in [7, 11) is 0. The van der Waals surface area contributed by atoms with Gasteiger partial charge in [0.05, 0.1) is 0 Å². The summed E-state index contributed by atoms with van der Waals surface area (Å²) in [6.07, 6.45) is 5.85. The molecule has 0 spiro atoms. The van der Waals surface area contributed by atoms with E-state index in [0.717, 1.165) is 0 Å². The van der Waals surface area contributed by atoms with Crippen molar-refractivity contribution in [2.75, 3.05) is 0 Å². The molecule has 0 radical (unpaired) electrons. The Kier molecular flexibility index (Phi) is 5.08. The summed E-state index contributed by atoms with van der Waals surface area (Å²) in [6, 6.07) is 10.6. The maximum Gasteiger partial charge on any atom is -0.0274 e. The molecule has 0 heterocycles. The van der Waals surface area contributed by atoms with Gasteiger partial charge >= 0.3 is 0 Å². The van der Waals surface area contributed by atoms with E-state index in [4.69, 9.17) is 0 Å². The van der Waals surface area contributed by atoms with Crippen molar-refractivity contribution in [1.29, 1.82) is 0 Å². The minimum atomic E-state index is 1.19. The molecule has 0 saturated heterocycles. The predicted octanol–water partition coefficient (Wildman–Crippen LogP) is 3.96. The number of hydrogen-bond acceptors (Lipinski definition) is 0. The molecule has 0 aliphatic rings. The second-order valence-corrected chi connectivity index (χ2v) is 3.46. The van der Waals surface area contributed by atoms with Crippen molar-refractivity contribution in [2.45, 2.75) is 19.3 Å². The van der Waals surface area contributed by atoms with Crippen LogP contribution in [0.2, 0.25) is 0 Å². The van der Waals surface area contributed by atoms with E-state index in [1.807, 2.05) is 0 Å². The van der Waals surface area contributed by atoms with Crippen molar-refractivity contribution < 1.29 is 0 Å². The summed E-state index contributed by atoms with van der Waals surface area (Å²) in [5, 5.41) is 0. The van der Waals surface area contributed by atoms with E-state index in [0.29, 0.717) is 0 Å². The highest BCUT2D eigenvalue weighted by molar-refractivity contribution is 14.1. The second kappa shape index (κ2) is 6.23. The first-order valence-corrected chi connectivity index (χ1v) is 5.47. The lowest BCUT2D eigenvalue weighted by Crippen LogP contribution is -1.82. The first kappa shape index (κ1) is 9.78. The fraction of sp³-hybridized carbons (Fsp3) is 0.273. The molecular formula is C11H13I. The summed E-state index contributed by atoms with van der Waals surface area (Å²) in [6.45, 7) is 0. The molecule has 0 aliphatic carbocycles. The number of aryl methyl sites for hydroxylation is 1. The topological polar surface area (TPSA) is 0 Å². The van der Waals surface area contributed by atoms with Gasteiger partial charge in [0.15, 0.2) is 0 Å². The van der Waals surface area contributed by atoms with Crippen LogP contribution in [0.5, 0.6) is 0 Å². The van der Waals surface area contributed by atoms with Gasteiger partial charge < -0.3 is 0 Å².